The van der Waals surface area contributed by atoms with Gasteiger partial charge in [-0.15, -0.1) is 0 Å². The molecule has 16 heavy (non-hydrogen) atoms. The van der Waals surface area contributed by atoms with E-state index in [0.29, 0.717) is 6.54 Å². The predicted molar refractivity (Wildman–Crippen MR) is 62.8 cm³/mol. The highest BCUT2D eigenvalue weighted by Gasteiger charge is 2.32. The fourth-order valence-corrected chi connectivity index (χ4v) is 2.05. The summed E-state index contributed by atoms with van der Waals surface area (Å²) in [6.45, 7) is 7.09. The molecule has 0 aromatic carbocycles. The van der Waals surface area contributed by atoms with Crippen molar-refractivity contribution >= 4 is 11.8 Å². The molecule has 1 fully saturated rings. The first-order valence-electron chi connectivity index (χ1n) is 5.87. The Hall–Kier alpha value is -1.06. The van der Waals surface area contributed by atoms with Gasteiger partial charge in [0.2, 0.25) is 11.8 Å². The number of amides is 2. The normalized spacial score (nSPS) is 21.8. The molecule has 1 atom stereocenters. The molecule has 0 aromatic rings. The summed E-state index contributed by atoms with van der Waals surface area (Å²) in [6, 6.07) is 0. The van der Waals surface area contributed by atoms with Gasteiger partial charge in [0.15, 0.2) is 0 Å². The Labute approximate surface area is 97.4 Å². The van der Waals surface area contributed by atoms with Crippen LogP contribution in [0.5, 0.6) is 0 Å². The molecule has 1 aliphatic rings. The van der Waals surface area contributed by atoms with Gasteiger partial charge in [0, 0.05) is 25.6 Å². The lowest BCUT2D eigenvalue weighted by Gasteiger charge is -2.35. The van der Waals surface area contributed by atoms with E-state index >= 15 is 0 Å². The lowest BCUT2D eigenvalue weighted by molar-refractivity contribution is -0.142. The van der Waals surface area contributed by atoms with Crippen molar-refractivity contribution in [2.24, 2.45) is 11.3 Å². The highest BCUT2D eigenvalue weighted by molar-refractivity contribution is 5.83. The number of carbonyl (C=O) groups is 2. The minimum absolute atomic E-state index is 0.0370. The summed E-state index contributed by atoms with van der Waals surface area (Å²) in [6.07, 6.45) is 1.80. The number of nitrogens with one attached hydrogen (secondary N) is 1. The van der Waals surface area contributed by atoms with E-state index in [2.05, 4.69) is 5.32 Å². The Morgan fingerprint density at radius 1 is 1.31 bits per heavy atom. The number of rotatable bonds is 1. The van der Waals surface area contributed by atoms with Crippen LogP contribution in [0.25, 0.3) is 0 Å². The maximum atomic E-state index is 12.1. The van der Waals surface area contributed by atoms with Crippen molar-refractivity contribution < 1.29 is 9.59 Å². The summed E-state index contributed by atoms with van der Waals surface area (Å²) in [5.74, 6) is 0.151. The van der Waals surface area contributed by atoms with Crippen LogP contribution in [-0.4, -0.2) is 36.9 Å². The highest BCUT2D eigenvalue weighted by Crippen LogP contribution is 2.23. The van der Waals surface area contributed by atoms with E-state index in [1.165, 1.54) is 0 Å². The van der Waals surface area contributed by atoms with E-state index in [0.717, 1.165) is 19.4 Å². The Kier molecular flexibility index (Phi) is 3.94. The Bertz CT molecular complexity index is 281. The van der Waals surface area contributed by atoms with Crippen molar-refractivity contribution in [2.75, 3.05) is 20.1 Å². The predicted octanol–water partition coefficient (Wildman–Crippen LogP) is 1.02. The van der Waals surface area contributed by atoms with Crippen LogP contribution in [0, 0.1) is 11.3 Å². The fourth-order valence-electron chi connectivity index (χ4n) is 2.05. The minimum Gasteiger partial charge on any atom is -0.359 e. The van der Waals surface area contributed by atoms with Gasteiger partial charge in [-0.3, -0.25) is 9.59 Å². The van der Waals surface area contributed by atoms with Gasteiger partial charge in [-0.2, -0.15) is 0 Å². The van der Waals surface area contributed by atoms with Gasteiger partial charge in [-0.1, -0.05) is 20.8 Å². The molecule has 0 aliphatic carbocycles. The quantitative estimate of drug-likeness (QED) is 0.725. The molecule has 0 aromatic heterocycles. The first kappa shape index (κ1) is 13.0. The van der Waals surface area contributed by atoms with E-state index in [9.17, 15) is 9.59 Å². The molecule has 1 saturated heterocycles. The smallest absolute Gasteiger partial charge is 0.227 e. The van der Waals surface area contributed by atoms with Crippen LogP contribution < -0.4 is 5.32 Å². The largest absolute Gasteiger partial charge is 0.359 e. The molecule has 2 amide bonds. The van der Waals surface area contributed by atoms with Crippen molar-refractivity contribution in [3.63, 3.8) is 0 Å². The first-order valence-corrected chi connectivity index (χ1v) is 5.87. The lowest BCUT2D eigenvalue weighted by atomic mass is 9.91. The van der Waals surface area contributed by atoms with E-state index in [1.807, 2.05) is 25.7 Å². The zero-order valence-corrected chi connectivity index (χ0v) is 10.7. The molecule has 92 valence electrons. The van der Waals surface area contributed by atoms with Gasteiger partial charge < -0.3 is 10.2 Å². The first-order chi connectivity index (χ1) is 7.36. The number of likely N-dealkylation sites (tertiary alicyclic amines) is 1. The molecule has 0 spiro atoms. The maximum Gasteiger partial charge on any atom is 0.227 e. The lowest BCUT2D eigenvalue weighted by Crippen LogP contribution is -2.48. The van der Waals surface area contributed by atoms with Crippen molar-refractivity contribution in [3.05, 3.63) is 0 Å². The maximum absolute atomic E-state index is 12.1. The van der Waals surface area contributed by atoms with Gasteiger partial charge in [-0.05, 0) is 12.8 Å². The Morgan fingerprint density at radius 3 is 2.44 bits per heavy atom. The number of hydrogen-bond acceptors (Lipinski definition) is 2. The van der Waals surface area contributed by atoms with E-state index < -0.39 is 0 Å². The van der Waals surface area contributed by atoms with Crippen molar-refractivity contribution in [3.8, 4) is 0 Å². The summed E-state index contributed by atoms with van der Waals surface area (Å²) in [7, 11) is 1.65. The number of carbonyl (C=O) groups excluding carboxylic acids is 2. The fraction of sp³-hybridized carbons (Fsp3) is 0.833. The monoisotopic (exact) mass is 226 g/mol. The van der Waals surface area contributed by atoms with Gasteiger partial charge in [-0.25, -0.2) is 0 Å². The molecule has 1 rings (SSSR count). The second-order valence-electron chi connectivity index (χ2n) is 5.45. The number of nitrogens with zero attached hydrogens (tertiary/aromatic N) is 1. The molecule has 0 saturated carbocycles. The summed E-state index contributed by atoms with van der Waals surface area (Å²) >= 11 is 0. The molecule has 1 heterocycles. The van der Waals surface area contributed by atoms with Gasteiger partial charge in [0.25, 0.3) is 0 Å². The topological polar surface area (TPSA) is 49.4 Å². The zero-order chi connectivity index (χ0) is 12.3. The van der Waals surface area contributed by atoms with Gasteiger partial charge in [0.1, 0.15) is 0 Å². The van der Waals surface area contributed by atoms with Crippen molar-refractivity contribution in [2.45, 2.75) is 33.6 Å². The third-order valence-electron chi connectivity index (χ3n) is 2.97. The third kappa shape index (κ3) is 2.97. The second-order valence-corrected chi connectivity index (χ2v) is 5.45. The summed E-state index contributed by atoms with van der Waals surface area (Å²) in [4.78, 5) is 25.4. The second kappa shape index (κ2) is 4.85. The van der Waals surface area contributed by atoms with Crippen LogP contribution in [0.2, 0.25) is 0 Å². The third-order valence-corrected chi connectivity index (χ3v) is 2.97. The summed E-state index contributed by atoms with van der Waals surface area (Å²) in [5.41, 5.74) is -0.357. The zero-order valence-electron chi connectivity index (χ0n) is 10.7. The molecular formula is C12H22N2O2. The van der Waals surface area contributed by atoms with Crippen LogP contribution in [0.1, 0.15) is 33.6 Å². The number of piperidine rings is 1. The molecule has 0 unspecified atom stereocenters. The average Bonchev–Trinajstić information content (AvgIpc) is 2.26. The van der Waals surface area contributed by atoms with Gasteiger partial charge >= 0.3 is 0 Å². The SMILES string of the molecule is CNC(=O)[C@@H]1CCCN(C(=O)C(C)(C)C)C1. The van der Waals surface area contributed by atoms with Crippen LogP contribution in [0.3, 0.4) is 0 Å². The minimum atomic E-state index is -0.357. The van der Waals surface area contributed by atoms with Crippen molar-refractivity contribution in [1.82, 2.24) is 10.2 Å². The molecule has 4 nitrogen and oxygen atoms in total. The standard InChI is InChI=1S/C12H22N2O2/c1-12(2,3)11(16)14-7-5-6-9(8-14)10(15)13-4/h9H,5-8H2,1-4H3,(H,13,15)/t9-/m1/s1. The number of hydrogen-bond donors (Lipinski definition) is 1. The van der Waals surface area contributed by atoms with Gasteiger partial charge in [0.05, 0.1) is 5.92 Å². The van der Waals surface area contributed by atoms with Crippen LogP contribution >= 0.6 is 0 Å². The van der Waals surface area contributed by atoms with Crippen LogP contribution in [0.15, 0.2) is 0 Å². The molecular weight excluding hydrogens is 204 g/mol. The molecule has 1 N–H and O–H groups in total. The average molecular weight is 226 g/mol. The Balaban J connectivity index is 2.64. The van der Waals surface area contributed by atoms with Crippen LogP contribution in [-0.2, 0) is 9.59 Å². The van der Waals surface area contributed by atoms with E-state index in [-0.39, 0.29) is 23.1 Å². The van der Waals surface area contributed by atoms with E-state index in [1.54, 1.807) is 7.05 Å². The highest BCUT2D eigenvalue weighted by atomic mass is 16.2. The molecule has 4 heteroatoms. The Morgan fingerprint density at radius 2 is 1.94 bits per heavy atom. The molecule has 0 bridgehead atoms. The molecule has 0 radical (unpaired) electrons. The van der Waals surface area contributed by atoms with E-state index in [4.69, 9.17) is 0 Å². The summed E-state index contributed by atoms with van der Waals surface area (Å²) in [5, 5.41) is 2.66. The van der Waals surface area contributed by atoms with Crippen molar-refractivity contribution in [1.29, 1.82) is 0 Å². The summed E-state index contributed by atoms with van der Waals surface area (Å²) < 4.78 is 0. The van der Waals surface area contributed by atoms with Crippen LogP contribution in [0.4, 0.5) is 0 Å². The molecule has 1 aliphatic heterocycles.